The van der Waals surface area contributed by atoms with Crippen LogP contribution in [0.15, 0.2) is 48.5 Å². The van der Waals surface area contributed by atoms with Crippen molar-refractivity contribution in [3.63, 3.8) is 0 Å². The molecule has 1 aliphatic heterocycles. The van der Waals surface area contributed by atoms with E-state index in [1.807, 2.05) is 13.0 Å². The summed E-state index contributed by atoms with van der Waals surface area (Å²) in [6, 6.07) is 16.5. The highest BCUT2D eigenvalue weighted by Crippen LogP contribution is 2.15. The fraction of sp³-hybridized carbons (Fsp3) is 0.435. The summed E-state index contributed by atoms with van der Waals surface area (Å²) in [7, 11) is 0. The van der Waals surface area contributed by atoms with Crippen molar-refractivity contribution in [2.75, 3.05) is 26.3 Å². The van der Waals surface area contributed by atoms with Gasteiger partial charge in [-0.25, -0.2) is 4.79 Å². The van der Waals surface area contributed by atoms with Gasteiger partial charge in [-0.3, -0.25) is 4.90 Å². The lowest BCUT2D eigenvalue weighted by atomic mass is 10.1. The molecule has 1 saturated heterocycles. The third-order valence-corrected chi connectivity index (χ3v) is 5.29. The molecule has 1 fully saturated rings. The van der Waals surface area contributed by atoms with E-state index in [-0.39, 0.29) is 12.1 Å². The first-order valence-corrected chi connectivity index (χ1v) is 10.2. The first-order valence-electron chi connectivity index (χ1n) is 10.2. The maximum Gasteiger partial charge on any atom is 0.315 e. The third-order valence-electron chi connectivity index (χ3n) is 5.29. The largest absolute Gasteiger partial charge is 0.379 e. The quantitative estimate of drug-likeness (QED) is 0.770. The first-order chi connectivity index (χ1) is 13.7. The first kappa shape index (κ1) is 20.4. The van der Waals surface area contributed by atoms with Crippen LogP contribution < -0.4 is 10.6 Å². The monoisotopic (exact) mass is 381 g/mol. The highest BCUT2D eigenvalue weighted by molar-refractivity contribution is 5.74. The van der Waals surface area contributed by atoms with Gasteiger partial charge in [-0.15, -0.1) is 0 Å². The summed E-state index contributed by atoms with van der Waals surface area (Å²) >= 11 is 0. The highest BCUT2D eigenvalue weighted by Gasteiger charge is 2.14. The van der Waals surface area contributed by atoms with E-state index < -0.39 is 0 Å². The molecule has 2 amide bonds. The Morgan fingerprint density at radius 3 is 2.43 bits per heavy atom. The average molecular weight is 382 g/mol. The summed E-state index contributed by atoms with van der Waals surface area (Å²) in [4.78, 5) is 14.8. The van der Waals surface area contributed by atoms with Gasteiger partial charge in [0.25, 0.3) is 0 Å². The summed E-state index contributed by atoms with van der Waals surface area (Å²) in [5.74, 6) is 0. The Kier molecular flexibility index (Phi) is 7.46. The van der Waals surface area contributed by atoms with Crippen LogP contribution >= 0.6 is 0 Å². The number of nitrogens with zero attached hydrogens (tertiary/aromatic N) is 1. The van der Waals surface area contributed by atoms with Gasteiger partial charge in [-0.05, 0) is 35.6 Å². The Balaban J connectivity index is 1.52. The summed E-state index contributed by atoms with van der Waals surface area (Å²) in [5, 5.41) is 6.03. The zero-order valence-electron chi connectivity index (χ0n) is 16.9. The molecule has 0 radical (unpaired) electrons. The molecule has 28 heavy (non-hydrogen) atoms. The van der Waals surface area contributed by atoms with Gasteiger partial charge in [0, 0.05) is 26.2 Å². The fourth-order valence-corrected chi connectivity index (χ4v) is 3.43. The van der Waals surface area contributed by atoms with Gasteiger partial charge in [0.2, 0.25) is 0 Å². The number of carbonyl (C=O) groups is 1. The van der Waals surface area contributed by atoms with E-state index in [1.54, 1.807) is 0 Å². The van der Waals surface area contributed by atoms with Gasteiger partial charge < -0.3 is 15.4 Å². The summed E-state index contributed by atoms with van der Waals surface area (Å²) in [6.45, 7) is 9.05. The Hall–Kier alpha value is -2.37. The minimum absolute atomic E-state index is 0.0329. The SMILES string of the molecule is CCc1ccc(C(C)NC(=O)NCc2ccccc2CN2CCOCC2)cc1. The lowest BCUT2D eigenvalue weighted by Crippen LogP contribution is -2.37. The molecular formula is C23H31N3O2. The standard InChI is InChI=1S/C23H31N3O2/c1-3-19-8-10-20(11-9-19)18(2)25-23(27)24-16-21-6-4-5-7-22(21)17-26-12-14-28-15-13-26/h4-11,18H,3,12-17H2,1-2H3,(H2,24,25,27). The van der Waals surface area contributed by atoms with E-state index in [9.17, 15) is 4.79 Å². The van der Waals surface area contributed by atoms with Gasteiger partial charge in [0.15, 0.2) is 0 Å². The fourth-order valence-electron chi connectivity index (χ4n) is 3.43. The predicted octanol–water partition coefficient (Wildman–Crippen LogP) is 3.64. The lowest BCUT2D eigenvalue weighted by Gasteiger charge is -2.27. The van der Waals surface area contributed by atoms with Gasteiger partial charge in [0.05, 0.1) is 19.3 Å². The molecule has 1 heterocycles. The number of benzene rings is 2. The number of carbonyl (C=O) groups excluding carboxylic acids is 1. The molecule has 1 aliphatic rings. The van der Waals surface area contributed by atoms with E-state index in [4.69, 9.17) is 4.74 Å². The number of hydrogen-bond acceptors (Lipinski definition) is 3. The second-order valence-corrected chi connectivity index (χ2v) is 7.30. The minimum Gasteiger partial charge on any atom is -0.379 e. The number of amides is 2. The van der Waals surface area contributed by atoms with Crippen LogP contribution in [-0.4, -0.2) is 37.2 Å². The molecular weight excluding hydrogens is 350 g/mol. The molecule has 150 valence electrons. The topological polar surface area (TPSA) is 53.6 Å². The molecule has 0 aliphatic carbocycles. The number of nitrogens with one attached hydrogen (secondary N) is 2. The number of morpholine rings is 1. The van der Waals surface area contributed by atoms with Gasteiger partial charge >= 0.3 is 6.03 Å². The normalized spacial score (nSPS) is 15.8. The Morgan fingerprint density at radius 1 is 1.07 bits per heavy atom. The number of rotatable bonds is 7. The number of urea groups is 1. The van der Waals surface area contributed by atoms with Crippen molar-refractivity contribution in [1.82, 2.24) is 15.5 Å². The number of ether oxygens (including phenoxy) is 1. The smallest absolute Gasteiger partial charge is 0.315 e. The van der Waals surface area contributed by atoms with Crippen molar-refractivity contribution in [3.8, 4) is 0 Å². The number of hydrogen-bond donors (Lipinski definition) is 2. The summed E-state index contributed by atoms with van der Waals surface area (Å²) in [6.07, 6.45) is 1.02. The zero-order valence-corrected chi connectivity index (χ0v) is 16.9. The van der Waals surface area contributed by atoms with Crippen molar-refractivity contribution in [2.24, 2.45) is 0 Å². The zero-order chi connectivity index (χ0) is 19.8. The predicted molar refractivity (Wildman–Crippen MR) is 112 cm³/mol. The van der Waals surface area contributed by atoms with Gasteiger partial charge in [0.1, 0.15) is 0 Å². The van der Waals surface area contributed by atoms with Crippen molar-refractivity contribution >= 4 is 6.03 Å². The Morgan fingerprint density at radius 2 is 1.75 bits per heavy atom. The molecule has 2 aromatic carbocycles. The molecule has 3 rings (SSSR count). The molecule has 0 bridgehead atoms. The second-order valence-electron chi connectivity index (χ2n) is 7.30. The Bertz CT molecular complexity index is 755. The highest BCUT2D eigenvalue weighted by atomic mass is 16.5. The second kappa shape index (κ2) is 10.2. The van der Waals surface area contributed by atoms with Crippen LogP contribution in [0.2, 0.25) is 0 Å². The molecule has 1 unspecified atom stereocenters. The van der Waals surface area contributed by atoms with E-state index in [1.165, 1.54) is 11.1 Å². The lowest BCUT2D eigenvalue weighted by molar-refractivity contribution is 0.0341. The van der Waals surface area contributed by atoms with Crippen molar-refractivity contribution in [3.05, 3.63) is 70.8 Å². The molecule has 5 heteroatoms. The Labute approximate surface area is 168 Å². The summed E-state index contributed by atoms with van der Waals surface area (Å²) < 4.78 is 5.43. The van der Waals surface area contributed by atoms with Crippen LogP contribution in [-0.2, 0) is 24.2 Å². The summed E-state index contributed by atoms with van der Waals surface area (Å²) in [5.41, 5.74) is 4.83. The number of aryl methyl sites for hydroxylation is 1. The van der Waals surface area contributed by atoms with Crippen LogP contribution in [0.25, 0.3) is 0 Å². The minimum atomic E-state index is -0.145. The molecule has 2 N–H and O–H groups in total. The van der Waals surface area contributed by atoms with Crippen LogP contribution in [0.5, 0.6) is 0 Å². The molecule has 1 atom stereocenters. The van der Waals surface area contributed by atoms with Crippen molar-refractivity contribution in [2.45, 2.75) is 39.4 Å². The molecule has 0 spiro atoms. The van der Waals surface area contributed by atoms with Crippen LogP contribution in [0.3, 0.4) is 0 Å². The van der Waals surface area contributed by atoms with E-state index in [0.717, 1.165) is 50.4 Å². The van der Waals surface area contributed by atoms with Crippen molar-refractivity contribution in [1.29, 1.82) is 0 Å². The van der Waals surface area contributed by atoms with Gasteiger partial charge in [-0.2, -0.15) is 0 Å². The molecule has 2 aromatic rings. The maximum atomic E-state index is 12.4. The van der Waals surface area contributed by atoms with Gasteiger partial charge in [-0.1, -0.05) is 55.5 Å². The molecule has 0 aromatic heterocycles. The van der Waals surface area contributed by atoms with E-state index in [0.29, 0.717) is 6.54 Å². The maximum absolute atomic E-state index is 12.4. The van der Waals surface area contributed by atoms with Crippen LogP contribution in [0.1, 0.15) is 42.1 Å². The molecule has 0 saturated carbocycles. The van der Waals surface area contributed by atoms with E-state index >= 15 is 0 Å². The van der Waals surface area contributed by atoms with Crippen LogP contribution in [0.4, 0.5) is 4.79 Å². The van der Waals surface area contributed by atoms with E-state index in [2.05, 4.69) is 64.9 Å². The van der Waals surface area contributed by atoms with Crippen molar-refractivity contribution < 1.29 is 9.53 Å². The third kappa shape index (κ3) is 5.81. The molecule has 5 nitrogen and oxygen atoms in total. The van der Waals surface area contributed by atoms with Crippen LogP contribution in [0, 0.1) is 0 Å². The average Bonchev–Trinajstić information content (AvgIpc) is 2.74.